The monoisotopic (exact) mass is 199 g/mol. The molecule has 0 radical (unpaired) electrons. The Morgan fingerprint density at radius 1 is 1.62 bits per heavy atom. The molecule has 1 heterocycles. The van der Waals surface area contributed by atoms with E-state index in [1.807, 2.05) is 18.0 Å². The van der Waals surface area contributed by atoms with Crippen LogP contribution >= 0.6 is 11.8 Å². The van der Waals surface area contributed by atoms with Crippen molar-refractivity contribution in [3.05, 3.63) is 18.0 Å². The Labute approximate surface area is 83.9 Å². The Morgan fingerprint density at radius 2 is 2.46 bits per heavy atom. The number of aromatic nitrogens is 2. The van der Waals surface area contributed by atoms with Crippen molar-refractivity contribution in [2.45, 2.75) is 20.0 Å². The summed E-state index contributed by atoms with van der Waals surface area (Å²) < 4.78 is 2.07. The van der Waals surface area contributed by atoms with Gasteiger partial charge >= 0.3 is 0 Å². The van der Waals surface area contributed by atoms with Gasteiger partial charge in [-0.1, -0.05) is 6.92 Å². The number of nitrogens with one attached hydrogen (secondary N) is 1. The highest BCUT2D eigenvalue weighted by Crippen LogP contribution is 2.01. The van der Waals surface area contributed by atoms with Crippen LogP contribution in [0.2, 0.25) is 0 Å². The molecule has 0 bridgehead atoms. The largest absolute Gasteiger partial charge is 0.311 e. The molecule has 74 valence electrons. The predicted octanol–water partition coefficient (Wildman–Crippen LogP) is 1.36. The van der Waals surface area contributed by atoms with Gasteiger partial charge in [-0.25, -0.2) is 0 Å². The van der Waals surface area contributed by atoms with Crippen LogP contribution in [0.4, 0.5) is 0 Å². The van der Waals surface area contributed by atoms with E-state index in [9.17, 15) is 0 Å². The Bertz CT molecular complexity index is 212. The molecule has 0 saturated heterocycles. The van der Waals surface area contributed by atoms with E-state index in [1.165, 1.54) is 5.69 Å². The number of hydrogen-bond donors (Lipinski definition) is 1. The van der Waals surface area contributed by atoms with Crippen LogP contribution in [0.25, 0.3) is 0 Å². The van der Waals surface area contributed by atoms with Gasteiger partial charge in [-0.3, -0.25) is 4.68 Å². The summed E-state index contributed by atoms with van der Waals surface area (Å²) in [6.45, 7) is 5.05. The molecule has 1 aromatic rings. The summed E-state index contributed by atoms with van der Waals surface area (Å²) in [6, 6.07) is 2.07. The van der Waals surface area contributed by atoms with Crippen molar-refractivity contribution in [1.29, 1.82) is 0 Å². The summed E-state index contributed by atoms with van der Waals surface area (Å²) in [5, 5.41) is 7.57. The Balaban J connectivity index is 2.45. The summed E-state index contributed by atoms with van der Waals surface area (Å²) in [7, 11) is 0. The molecule has 1 rings (SSSR count). The summed E-state index contributed by atoms with van der Waals surface area (Å²) in [5.74, 6) is 1.13. The van der Waals surface area contributed by atoms with E-state index in [0.717, 1.165) is 25.4 Å². The molecule has 1 aromatic heterocycles. The first-order chi connectivity index (χ1) is 6.38. The molecule has 0 aromatic carbocycles. The average Bonchev–Trinajstić information content (AvgIpc) is 2.59. The van der Waals surface area contributed by atoms with E-state index < -0.39 is 0 Å². The van der Waals surface area contributed by atoms with Crippen LogP contribution in [0.1, 0.15) is 12.6 Å². The minimum Gasteiger partial charge on any atom is -0.311 e. The van der Waals surface area contributed by atoms with Crippen molar-refractivity contribution in [2.24, 2.45) is 0 Å². The fraction of sp³-hybridized carbons (Fsp3) is 0.667. The first kappa shape index (κ1) is 10.6. The lowest BCUT2D eigenvalue weighted by atomic mass is 10.4. The third-order valence-corrected chi connectivity index (χ3v) is 2.46. The van der Waals surface area contributed by atoms with Crippen LogP contribution in [0.3, 0.4) is 0 Å². The quantitative estimate of drug-likeness (QED) is 0.750. The zero-order valence-corrected chi connectivity index (χ0v) is 9.10. The van der Waals surface area contributed by atoms with E-state index in [-0.39, 0.29) is 0 Å². The van der Waals surface area contributed by atoms with Gasteiger partial charge in [0.1, 0.15) is 0 Å². The van der Waals surface area contributed by atoms with Crippen LogP contribution in [0, 0.1) is 0 Å². The van der Waals surface area contributed by atoms with Gasteiger partial charge in [0.2, 0.25) is 0 Å². The van der Waals surface area contributed by atoms with Gasteiger partial charge in [0.05, 0.1) is 12.2 Å². The van der Waals surface area contributed by atoms with Crippen molar-refractivity contribution < 1.29 is 0 Å². The lowest BCUT2D eigenvalue weighted by molar-refractivity contribution is 0.594. The van der Waals surface area contributed by atoms with E-state index in [4.69, 9.17) is 0 Å². The second kappa shape index (κ2) is 6.05. The smallest absolute Gasteiger partial charge is 0.0522 e. The highest BCUT2D eigenvalue weighted by atomic mass is 32.2. The van der Waals surface area contributed by atoms with Gasteiger partial charge in [0.25, 0.3) is 0 Å². The number of nitrogens with zero attached hydrogens (tertiary/aromatic N) is 2. The van der Waals surface area contributed by atoms with Crippen LogP contribution in [0.5, 0.6) is 0 Å². The van der Waals surface area contributed by atoms with E-state index >= 15 is 0 Å². The van der Waals surface area contributed by atoms with Gasteiger partial charge in [-0.15, -0.1) is 0 Å². The number of rotatable bonds is 6. The lowest BCUT2D eigenvalue weighted by Crippen LogP contribution is -2.16. The number of thioether (sulfide) groups is 1. The Kier molecular flexibility index (Phi) is 4.93. The summed E-state index contributed by atoms with van der Waals surface area (Å²) in [4.78, 5) is 0. The highest BCUT2D eigenvalue weighted by Gasteiger charge is 1.99. The standard InChI is InChI=1S/C9H17N3S/c1-3-10-8-9-4-5-11-12(9)6-7-13-2/h4-5,10H,3,6-8H2,1-2H3. The van der Waals surface area contributed by atoms with Crippen LogP contribution in [0.15, 0.2) is 12.3 Å². The summed E-state index contributed by atoms with van der Waals surface area (Å²) in [6.07, 6.45) is 3.99. The van der Waals surface area contributed by atoms with Gasteiger partial charge < -0.3 is 5.32 Å². The fourth-order valence-electron chi connectivity index (χ4n) is 1.14. The molecule has 0 fully saturated rings. The zero-order valence-electron chi connectivity index (χ0n) is 8.29. The lowest BCUT2D eigenvalue weighted by Gasteiger charge is -2.06. The van der Waals surface area contributed by atoms with Crippen LogP contribution < -0.4 is 5.32 Å². The first-order valence-electron chi connectivity index (χ1n) is 4.58. The van der Waals surface area contributed by atoms with Crippen LogP contribution in [-0.2, 0) is 13.1 Å². The zero-order chi connectivity index (χ0) is 9.52. The second-order valence-corrected chi connectivity index (χ2v) is 3.80. The van der Waals surface area contributed by atoms with Gasteiger partial charge in [0, 0.05) is 18.5 Å². The molecule has 0 unspecified atom stereocenters. The fourth-order valence-corrected chi connectivity index (χ4v) is 1.50. The normalized spacial score (nSPS) is 10.6. The van der Waals surface area contributed by atoms with Gasteiger partial charge in [0.15, 0.2) is 0 Å². The molecular formula is C9H17N3S. The summed E-state index contributed by atoms with van der Waals surface area (Å²) >= 11 is 1.85. The molecule has 0 atom stereocenters. The summed E-state index contributed by atoms with van der Waals surface area (Å²) in [5.41, 5.74) is 1.27. The third-order valence-electron chi connectivity index (χ3n) is 1.87. The second-order valence-electron chi connectivity index (χ2n) is 2.82. The molecule has 3 nitrogen and oxygen atoms in total. The molecule has 0 spiro atoms. The van der Waals surface area contributed by atoms with Crippen molar-refractivity contribution in [3.8, 4) is 0 Å². The Hall–Kier alpha value is -0.480. The number of aryl methyl sites for hydroxylation is 1. The van der Waals surface area contributed by atoms with Gasteiger partial charge in [-0.05, 0) is 18.9 Å². The van der Waals surface area contributed by atoms with E-state index in [2.05, 4.69) is 34.3 Å². The van der Waals surface area contributed by atoms with Crippen molar-refractivity contribution in [1.82, 2.24) is 15.1 Å². The van der Waals surface area contributed by atoms with Crippen molar-refractivity contribution in [3.63, 3.8) is 0 Å². The van der Waals surface area contributed by atoms with Crippen molar-refractivity contribution in [2.75, 3.05) is 18.6 Å². The predicted molar refractivity (Wildman–Crippen MR) is 58.0 cm³/mol. The molecular weight excluding hydrogens is 182 g/mol. The topological polar surface area (TPSA) is 29.9 Å². The molecule has 4 heteroatoms. The molecule has 0 aliphatic rings. The highest BCUT2D eigenvalue weighted by molar-refractivity contribution is 7.98. The van der Waals surface area contributed by atoms with E-state index in [1.54, 1.807) is 0 Å². The maximum atomic E-state index is 4.27. The molecule has 1 N–H and O–H groups in total. The minimum absolute atomic E-state index is 0.922. The molecule has 0 aliphatic carbocycles. The van der Waals surface area contributed by atoms with Crippen molar-refractivity contribution >= 4 is 11.8 Å². The van der Waals surface area contributed by atoms with E-state index in [0.29, 0.717) is 0 Å². The number of hydrogen-bond acceptors (Lipinski definition) is 3. The third kappa shape index (κ3) is 3.40. The van der Waals surface area contributed by atoms with Gasteiger partial charge in [-0.2, -0.15) is 16.9 Å². The Morgan fingerprint density at radius 3 is 3.15 bits per heavy atom. The maximum Gasteiger partial charge on any atom is 0.0522 e. The maximum absolute atomic E-state index is 4.27. The SMILES string of the molecule is CCNCc1ccnn1CCSC. The molecule has 0 amide bonds. The molecule has 0 saturated carbocycles. The molecule has 13 heavy (non-hydrogen) atoms. The molecule has 0 aliphatic heterocycles. The minimum atomic E-state index is 0.922. The average molecular weight is 199 g/mol. The van der Waals surface area contributed by atoms with Crippen LogP contribution in [-0.4, -0.2) is 28.3 Å². The first-order valence-corrected chi connectivity index (χ1v) is 5.98.